The molecular weight excluding hydrogens is 380 g/mol. The summed E-state index contributed by atoms with van der Waals surface area (Å²) < 4.78 is 7.11. The molecule has 3 aromatic rings. The Hall–Kier alpha value is -2.11. The highest BCUT2D eigenvalue weighted by molar-refractivity contribution is 7.18. The number of amides is 1. The molecule has 2 aromatic carbocycles. The number of likely N-dealkylation sites (tertiary alicyclic amines) is 1. The summed E-state index contributed by atoms with van der Waals surface area (Å²) in [5.41, 5.74) is 2.06. The minimum atomic E-state index is -0.437. The lowest BCUT2D eigenvalue weighted by molar-refractivity contribution is -0.139. The lowest BCUT2D eigenvalue weighted by atomic mass is 9.98. The van der Waals surface area contributed by atoms with Crippen molar-refractivity contribution in [2.24, 2.45) is 0 Å². The van der Waals surface area contributed by atoms with E-state index in [2.05, 4.69) is 12.1 Å². The summed E-state index contributed by atoms with van der Waals surface area (Å²) in [6.07, 6.45) is 2.23. The highest BCUT2D eigenvalue weighted by Gasteiger charge is 2.35. The highest BCUT2D eigenvalue weighted by Crippen LogP contribution is 2.35. The molecule has 5 rings (SSSR count). The van der Waals surface area contributed by atoms with Crippen LogP contribution in [0.4, 0.5) is 0 Å². The van der Waals surface area contributed by atoms with Crippen LogP contribution in [0.5, 0.6) is 5.75 Å². The molecule has 6 heteroatoms. The number of benzene rings is 2. The molecule has 1 amide bonds. The molecule has 1 aromatic heterocycles. The van der Waals surface area contributed by atoms with Gasteiger partial charge in [0.2, 0.25) is 0 Å². The number of carbonyl (C=O) groups excluding carboxylic acids is 1. The van der Waals surface area contributed by atoms with Gasteiger partial charge in [-0.3, -0.25) is 4.79 Å². The van der Waals surface area contributed by atoms with Gasteiger partial charge in [0.25, 0.3) is 5.91 Å². The number of nitrogens with zero attached hydrogens (tertiary/aromatic N) is 2. The fourth-order valence-corrected chi connectivity index (χ4v) is 5.29. The fraction of sp³-hybridized carbons (Fsp3) is 0.333. The maximum Gasteiger partial charge on any atom is 0.264 e. The maximum absolute atomic E-state index is 13.1. The van der Waals surface area contributed by atoms with Crippen LogP contribution in [0, 0.1) is 0 Å². The lowest BCUT2D eigenvalue weighted by Crippen LogP contribution is -2.45. The molecule has 2 atom stereocenters. The number of para-hydroxylation sites is 1. The number of carbonyl (C=O) groups is 1. The van der Waals surface area contributed by atoms with Gasteiger partial charge in [0.15, 0.2) is 6.10 Å². The molecule has 0 saturated carbocycles. The standard InChI is InChI=1S/C21H19ClN2O2S/c22-15-7-8-17-14(10-15)11-18(26-17)21(25)24-9-3-4-13(12-24)20-23-16-5-1-2-6-19(16)27-20/h1-2,5-8,10,13,18H,3-4,9,11-12H2/t13-,18-/m0/s1. The van der Waals surface area contributed by atoms with Crippen LogP contribution in [0.15, 0.2) is 42.5 Å². The van der Waals surface area contributed by atoms with Crippen molar-refractivity contribution in [3.63, 3.8) is 0 Å². The summed E-state index contributed by atoms with van der Waals surface area (Å²) in [6.45, 7) is 1.51. The van der Waals surface area contributed by atoms with Gasteiger partial charge in [-0.05, 0) is 48.7 Å². The van der Waals surface area contributed by atoms with Crippen LogP contribution in [0.2, 0.25) is 5.02 Å². The van der Waals surface area contributed by atoms with Gasteiger partial charge in [-0.2, -0.15) is 0 Å². The third-order valence-electron chi connectivity index (χ3n) is 5.37. The van der Waals surface area contributed by atoms with Gasteiger partial charge in [-0.15, -0.1) is 11.3 Å². The topological polar surface area (TPSA) is 42.4 Å². The van der Waals surface area contributed by atoms with Gasteiger partial charge in [0.1, 0.15) is 5.75 Å². The second-order valence-corrected chi connectivity index (χ2v) is 8.70. The SMILES string of the molecule is O=C([C@@H]1Cc2cc(Cl)ccc2O1)N1CCC[C@H](c2nc3ccccc3s2)C1. The smallest absolute Gasteiger partial charge is 0.264 e. The fourth-order valence-electron chi connectivity index (χ4n) is 4.00. The Morgan fingerprint density at radius 1 is 1.26 bits per heavy atom. The van der Waals surface area contributed by atoms with Crippen LogP contribution in [0.1, 0.15) is 29.3 Å². The number of hydrogen-bond donors (Lipinski definition) is 0. The molecule has 4 nitrogen and oxygen atoms in total. The van der Waals surface area contributed by atoms with E-state index < -0.39 is 6.10 Å². The van der Waals surface area contributed by atoms with Gasteiger partial charge in [0.05, 0.1) is 15.2 Å². The normalized spacial score (nSPS) is 21.9. The summed E-state index contributed by atoms with van der Waals surface area (Å²) in [7, 11) is 0. The van der Waals surface area contributed by atoms with E-state index in [4.69, 9.17) is 21.3 Å². The third kappa shape index (κ3) is 3.19. The van der Waals surface area contributed by atoms with E-state index in [-0.39, 0.29) is 5.91 Å². The van der Waals surface area contributed by atoms with Crippen molar-refractivity contribution >= 4 is 39.1 Å². The molecule has 0 aliphatic carbocycles. The molecular formula is C21H19ClN2O2S. The van der Waals surface area contributed by atoms with E-state index in [9.17, 15) is 4.79 Å². The third-order valence-corrected chi connectivity index (χ3v) is 6.80. The minimum absolute atomic E-state index is 0.0770. The van der Waals surface area contributed by atoms with Gasteiger partial charge >= 0.3 is 0 Å². The van der Waals surface area contributed by atoms with Gasteiger partial charge in [-0.25, -0.2) is 4.98 Å². The Balaban J connectivity index is 1.31. The molecule has 138 valence electrons. The Kier molecular flexibility index (Phi) is 4.29. The molecule has 0 spiro atoms. The van der Waals surface area contributed by atoms with E-state index in [1.54, 1.807) is 17.4 Å². The lowest BCUT2D eigenvalue weighted by Gasteiger charge is -2.33. The first-order chi connectivity index (χ1) is 13.2. The summed E-state index contributed by atoms with van der Waals surface area (Å²) in [6, 6.07) is 13.8. The van der Waals surface area contributed by atoms with Gasteiger partial charge < -0.3 is 9.64 Å². The van der Waals surface area contributed by atoms with Crippen LogP contribution >= 0.6 is 22.9 Å². The molecule has 2 aliphatic heterocycles. The average molecular weight is 399 g/mol. The highest BCUT2D eigenvalue weighted by atomic mass is 35.5. The zero-order chi connectivity index (χ0) is 18.4. The molecule has 27 heavy (non-hydrogen) atoms. The second-order valence-electron chi connectivity index (χ2n) is 7.21. The predicted molar refractivity (Wildman–Crippen MR) is 108 cm³/mol. The van der Waals surface area contributed by atoms with Crippen molar-refractivity contribution in [3.8, 4) is 5.75 Å². The van der Waals surface area contributed by atoms with E-state index in [1.165, 1.54) is 4.70 Å². The molecule has 0 unspecified atom stereocenters. The number of ether oxygens (including phenoxy) is 1. The summed E-state index contributed by atoms with van der Waals surface area (Å²) >= 11 is 7.81. The number of hydrogen-bond acceptors (Lipinski definition) is 4. The average Bonchev–Trinajstić information content (AvgIpc) is 3.31. The second kappa shape index (κ2) is 6.80. The van der Waals surface area contributed by atoms with Crippen LogP contribution in [0.25, 0.3) is 10.2 Å². The summed E-state index contributed by atoms with van der Waals surface area (Å²) in [5.74, 6) is 1.16. The Bertz CT molecular complexity index is 985. The molecule has 0 bridgehead atoms. The number of piperidine rings is 1. The van der Waals surface area contributed by atoms with Crippen molar-refractivity contribution in [1.29, 1.82) is 0 Å². The quantitative estimate of drug-likeness (QED) is 0.630. The van der Waals surface area contributed by atoms with Crippen molar-refractivity contribution in [2.75, 3.05) is 13.1 Å². The Morgan fingerprint density at radius 3 is 3.04 bits per heavy atom. The monoisotopic (exact) mass is 398 g/mol. The van der Waals surface area contributed by atoms with E-state index in [0.717, 1.165) is 47.8 Å². The molecule has 3 heterocycles. The molecule has 0 N–H and O–H groups in total. The first-order valence-corrected chi connectivity index (χ1v) is 10.5. The van der Waals surface area contributed by atoms with Crippen LogP contribution < -0.4 is 4.74 Å². The first-order valence-electron chi connectivity index (χ1n) is 9.27. The van der Waals surface area contributed by atoms with Crippen LogP contribution in [0.3, 0.4) is 0 Å². The largest absolute Gasteiger partial charge is 0.480 e. The Labute approximate surface area is 166 Å². The number of aromatic nitrogens is 1. The maximum atomic E-state index is 13.1. The number of halogens is 1. The van der Waals surface area contributed by atoms with Crippen LogP contribution in [-0.4, -0.2) is 35.0 Å². The number of fused-ring (bicyclic) bond motifs is 2. The minimum Gasteiger partial charge on any atom is -0.480 e. The van der Waals surface area contributed by atoms with Crippen molar-refractivity contribution in [1.82, 2.24) is 9.88 Å². The zero-order valence-corrected chi connectivity index (χ0v) is 16.3. The summed E-state index contributed by atoms with van der Waals surface area (Å²) in [5, 5.41) is 1.82. The number of rotatable bonds is 2. The van der Waals surface area contributed by atoms with Crippen LogP contribution in [-0.2, 0) is 11.2 Å². The van der Waals surface area contributed by atoms with E-state index >= 15 is 0 Å². The molecule has 2 aliphatic rings. The predicted octanol–water partition coefficient (Wildman–Crippen LogP) is 4.66. The zero-order valence-electron chi connectivity index (χ0n) is 14.7. The Morgan fingerprint density at radius 2 is 2.15 bits per heavy atom. The van der Waals surface area contributed by atoms with Gasteiger partial charge in [-0.1, -0.05) is 23.7 Å². The molecule has 0 radical (unpaired) electrons. The van der Waals surface area contributed by atoms with E-state index in [1.807, 2.05) is 29.2 Å². The number of thiazole rings is 1. The van der Waals surface area contributed by atoms with Crippen molar-refractivity contribution in [3.05, 3.63) is 58.1 Å². The van der Waals surface area contributed by atoms with Crippen molar-refractivity contribution < 1.29 is 9.53 Å². The van der Waals surface area contributed by atoms with Crippen molar-refractivity contribution in [2.45, 2.75) is 31.3 Å². The first kappa shape index (κ1) is 17.0. The molecule has 1 fully saturated rings. The molecule has 1 saturated heterocycles. The van der Waals surface area contributed by atoms with E-state index in [0.29, 0.717) is 17.4 Å². The summed E-state index contributed by atoms with van der Waals surface area (Å²) in [4.78, 5) is 19.8. The van der Waals surface area contributed by atoms with Gasteiger partial charge in [0, 0.05) is 30.5 Å².